The van der Waals surface area contributed by atoms with Gasteiger partial charge in [-0.3, -0.25) is 19.6 Å². The Bertz CT molecular complexity index is 1260. The van der Waals surface area contributed by atoms with Gasteiger partial charge in [0.2, 0.25) is 5.91 Å². The highest BCUT2D eigenvalue weighted by Crippen LogP contribution is 2.36. The molecule has 3 N–H and O–H groups in total. The van der Waals surface area contributed by atoms with E-state index in [1.54, 1.807) is 24.4 Å². The number of amides is 1. The number of aromatic hydroxyl groups is 1. The van der Waals surface area contributed by atoms with Crippen LogP contribution in [0.5, 0.6) is 11.5 Å². The van der Waals surface area contributed by atoms with Gasteiger partial charge in [-0.2, -0.15) is 5.10 Å². The molecule has 1 aliphatic carbocycles. The molecule has 1 aliphatic heterocycles. The molecule has 3 aromatic rings. The van der Waals surface area contributed by atoms with Crippen molar-refractivity contribution >= 4 is 22.8 Å². The number of benzene rings is 2. The maximum Gasteiger partial charge on any atom is 0.300 e. The van der Waals surface area contributed by atoms with Crippen LogP contribution in [0.2, 0.25) is 0 Å². The van der Waals surface area contributed by atoms with E-state index < -0.39 is 5.97 Å². The van der Waals surface area contributed by atoms with Gasteiger partial charge in [-0.15, -0.1) is 0 Å². The first kappa shape index (κ1) is 26.2. The van der Waals surface area contributed by atoms with Gasteiger partial charge in [-0.1, -0.05) is 18.2 Å². The summed E-state index contributed by atoms with van der Waals surface area (Å²) in [5, 5.41) is 25.2. The molecule has 1 saturated heterocycles. The van der Waals surface area contributed by atoms with E-state index in [1.807, 2.05) is 42.3 Å². The minimum atomic E-state index is -0.833. The molecule has 2 fully saturated rings. The standard InChI is InChI=1S/C26H30N4O3.C2H4O2/c1-29-11-3-4-19(29)7-10-26(32)30(2)20-14-22(15-20)33-25-13-18(12-24-23(25)16-27-28-24)17-5-8-21(31)9-6-17;1-2(3)4/h5-10,12-13,16,19-20,22,31H,3-4,11,14-15H2,1-2H3,(H,27,28);1H3,(H,3,4)/b10-7+;/t19-,20?,22?;/m0./s1. The average molecular weight is 507 g/mol. The number of likely N-dealkylation sites (tertiary alicyclic amines) is 1. The van der Waals surface area contributed by atoms with E-state index in [0.717, 1.165) is 60.5 Å². The highest BCUT2D eigenvalue weighted by molar-refractivity contribution is 5.90. The van der Waals surface area contributed by atoms with E-state index in [4.69, 9.17) is 14.6 Å². The van der Waals surface area contributed by atoms with Gasteiger partial charge in [0.1, 0.15) is 17.6 Å². The molecule has 5 rings (SSSR count). The molecule has 196 valence electrons. The summed E-state index contributed by atoms with van der Waals surface area (Å²) in [6.45, 7) is 2.18. The quantitative estimate of drug-likeness (QED) is 0.432. The van der Waals surface area contributed by atoms with Crippen LogP contribution in [0.3, 0.4) is 0 Å². The number of nitrogens with one attached hydrogen (secondary N) is 1. The average Bonchev–Trinajstić information content (AvgIpc) is 3.47. The summed E-state index contributed by atoms with van der Waals surface area (Å²) in [5.74, 6) is 0.248. The lowest BCUT2D eigenvalue weighted by atomic mass is 9.88. The van der Waals surface area contributed by atoms with Crippen molar-refractivity contribution in [1.29, 1.82) is 0 Å². The minimum absolute atomic E-state index is 0.0587. The highest BCUT2D eigenvalue weighted by atomic mass is 16.5. The molecule has 1 atom stereocenters. The zero-order valence-corrected chi connectivity index (χ0v) is 21.4. The first-order valence-corrected chi connectivity index (χ1v) is 12.5. The molecule has 9 heteroatoms. The van der Waals surface area contributed by atoms with E-state index in [9.17, 15) is 9.90 Å². The van der Waals surface area contributed by atoms with Gasteiger partial charge in [-0.25, -0.2) is 0 Å². The summed E-state index contributed by atoms with van der Waals surface area (Å²) in [7, 11) is 3.99. The number of nitrogens with zero attached hydrogens (tertiary/aromatic N) is 3. The molecule has 2 aromatic carbocycles. The lowest BCUT2D eigenvalue weighted by Gasteiger charge is -2.40. The van der Waals surface area contributed by atoms with Gasteiger partial charge in [0.15, 0.2) is 0 Å². The van der Waals surface area contributed by atoms with Crippen LogP contribution < -0.4 is 4.74 Å². The number of phenolic OH excluding ortho intramolecular Hbond substituents is 1. The predicted octanol–water partition coefficient (Wildman–Crippen LogP) is 4.05. The minimum Gasteiger partial charge on any atom is -0.508 e. The van der Waals surface area contributed by atoms with Crippen molar-refractivity contribution in [2.45, 2.75) is 50.8 Å². The first-order valence-electron chi connectivity index (χ1n) is 12.5. The van der Waals surface area contributed by atoms with Crippen LogP contribution >= 0.6 is 0 Å². The molecule has 0 radical (unpaired) electrons. The zero-order valence-electron chi connectivity index (χ0n) is 21.4. The molecule has 0 spiro atoms. The Labute approximate surface area is 216 Å². The van der Waals surface area contributed by atoms with Crippen molar-refractivity contribution in [1.82, 2.24) is 20.0 Å². The normalized spacial score (nSPS) is 21.3. The molecule has 2 heterocycles. The van der Waals surface area contributed by atoms with Crippen LogP contribution in [0.25, 0.3) is 22.0 Å². The molecular formula is C28H34N4O5. The number of carbonyl (C=O) groups is 2. The second-order valence-electron chi connectivity index (χ2n) is 9.74. The molecule has 0 bridgehead atoms. The van der Waals surface area contributed by atoms with E-state index in [0.29, 0.717) is 6.04 Å². The van der Waals surface area contributed by atoms with Gasteiger partial charge >= 0.3 is 0 Å². The van der Waals surface area contributed by atoms with E-state index in [2.05, 4.69) is 22.1 Å². The number of H-pyrrole nitrogens is 1. The van der Waals surface area contributed by atoms with Crippen LogP contribution in [0.4, 0.5) is 0 Å². The van der Waals surface area contributed by atoms with Crippen LogP contribution in [0.15, 0.2) is 54.7 Å². The summed E-state index contributed by atoms with van der Waals surface area (Å²) >= 11 is 0. The third-order valence-electron chi connectivity index (χ3n) is 7.02. The number of hydrogen-bond acceptors (Lipinski definition) is 6. The van der Waals surface area contributed by atoms with Crippen molar-refractivity contribution in [3.63, 3.8) is 0 Å². The first-order chi connectivity index (χ1) is 17.7. The monoisotopic (exact) mass is 506 g/mol. The Morgan fingerprint density at radius 1 is 1.19 bits per heavy atom. The van der Waals surface area contributed by atoms with Crippen LogP contribution in [0, 0.1) is 0 Å². The van der Waals surface area contributed by atoms with Gasteiger partial charge in [0.25, 0.3) is 5.97 Å². The molecule has 1 amide bonds. The second-order valence-corrected chi connectivity index (χ2v) is 9.74. The molecule has 2 aliphatic rings. The maximum atomic E-state index is 12.6. The third-order valence-corrected chi connectivity index (χ3v) is 7.02. The summed E-state index contributed by atoms with van der Waals surface area (Å²) in [6, 6.07) is 11.7. The molecule has 1 saturated carbocycles. The van der Waals surface area contributed by atoms with Crippen molar-refractivity contribution in [3.8, 4) is 22.6 Å². The number of aliphatic carboxylic acids is 1. The number of likely N-dealkylation sites (N-methyl/N-ethyl adjacent to an activating group) is 2. The Morgan fingerprint density at radius 3 is 2.54 bits per heavy atom. The number of aromatic amines is 1. The fourth-order valence-electron chi connectivity index (χ4n) is 4.74. The Balaban J connectivity index is 0.000000747. The molecule has 1 aromatic heterocycles. The lowest BCUT2D eigenvalue weighted by Crippen LogP contribution is -2.49. The molecular weight excluding hydrogens is 472 g/mol. The topological polar surface area (TPSA) is 119 Å². The predicted molar refractivity (Wildman–Crippen MR) is 142 cm³/mol. The number of carboxylic acid groups (broad SMARTS) is 1. The van der Waals surface area contributed by atoms with Crippen LogP contribution in [-0.2, 0) is 9.59 Å². The summed E-state index contributed by atoms with van der Waals surface area (Å²) < 4.78 is 6.35. The zero-order chi connectivity index (χ0) is 26.5. The number of aromatic nitrogens is 2. The summed E-state index contributed by atoms with van der Waals surface area (Å²) in [4.78, 5) is 25.8. The molecule has 0 unspecified atom stereocenters. The van der Waals surface area contributed by atoms with Crippen molar-refractivity contribution in [2.75, 3.05) is 20.6 Å². The second kappa shape index (κ2) is 11.5. The van der Waals surface area contributed by atoms with Gasteiger partial charge in [-0.05, 0) is 61.8 Å². The van der Waals surface area contributed by atoms with Gasteiger partial charge in [0, 0.05) is 45.0 Å². The molecule has 37 heavy (non-hydrogen) atoms. The Kier molecular flexibility index (Phi) is 8.13. The number of ether oxygens (including phenoxy) is 1. The number of fused-ring (bicyclic) bond motifs is 1. The highest BCUT2D eigenvalue weighted by Gasteiger charge is 2.35. The van der Waals surface area contributed by atoms with Gasteiger partial charge < -0.3 is 19.8 Å². The number of hydrogen-bond donors (Lipinski definition) is 3. The SMILES string of the molecule is CC(=O)O.CN(C(=O)/C=C/[C@@H]1CCCN1C)C1CC(Oc2cc(-c3ccc(O)cc3)cc3[nH]ncc23)C1. The Hall–Kier alpha value is -3.85. The lowest BCUT2D eigenvalue weighted by molar-refractivity contribution is -0.134. The number of rotatable bonds is 6. The van der Waals surface area contributed by atoms with Gasteiger partial charge in [0.05, 0.1) is 17.1 Å². The van der Waals surface area contributed by atoms with E-state index >= 15 is 0 Å². The third kappa shape index (κ3) is 6.48. The van der Waals surface area contributed by atoms with E-state index in [-0.39, 0.29) is 23.8 Å². The van der Waals surface area contributed by atoms with Crippen LogP contribution in [-0.4, -0.2) is 80.9 Å². The van der Waals surface area contributed by atoms with Crippen molar-refractivity contribution in [3.05, 3.63) is 54.7 Å². The van der Waals surface area contributed by atoms with E-state index in [1.165, 1.54) is 6.42 Å². The van der Waals surface area contributed by atoms with Crippen molar-refractivity contribution in [2.24, 2.45) is 0 Å². The fraction of sp³-hybridized carbons (Fsp3) is 0.393. The summed E-state index contributed by atoms with van der Waals surface area (Å²) in [6.07, 6.45) is 9.54. The fourth-order valence-corrected chi connectivity index (χ4v) is 4.74. The smallest absolute Gasteiger partial charge is 0.300 e. The maximum absolute atomic E-state index is 12.6. The largest absolute Gasteiger partial charge is 0.508 e. The van der Waals surface area contributed by atoms with Crippen LogP contribution in [0.1, 0.15) is 32.6 Å². The van der Waals surface area contributed by atoms with Crippen molar-refractivity contribution < 1.29 is 24.5 Å². The number of carbonyl (C=O) groups excluding carboxylic acids is 1. The number of carboxylic acids is 1. The summed E-state index contributed by atoms with van der Waals surface area (Å²) in [5.41, 5.74) is 2.89. The number of phenols is 1. The Morgan fingerprint density at radius 2 is 1.89 bits per heavy atom. The molecule has 9 nitrogen and oxygen atoms in total.